The number of sulfone groups is 1. The van der Waals surface area contributed by atoms with Crippen LogP contribution in [0.1, 0.15) is 45.3 Å². The Balaban J connectivity index is 1.45. The maximum atomic E-state index is 13.4. The second-order valence-electron chi connectivity index (χ2n) is 8.64. The van der Waals surface area contributed by atoms with Gasteiger partial charge in [0.25, 0.3) is 5.91 Å². The van der Waals surface area contributed by atoms with Crippen LogP contribution in [0.3, 0.4) is 0 Å². The Morgan fingerprint density at radius 1 is 1.17 bits per heavy atom. The van der Waals surface area contributed by atoms with Gasteiger partial charge in [0.05, 0.1) is 33.1 Å². The molecule has 35 heavy (non-hydrogen) atoms. The largest absolute Gasteiger partial charge is 0.416 e. The maximum Gasteiger partial charge on any atom is 0.416 e. The Labute approximate surface area is 198 Å². The molecular formula is C24H21F3N4O3S. The van der Waals surface area contributed by atoms with Crippen molar-refractivity contribution in [2.75, 3.05) is 0 Å². The molecule has 0 fully saturated rings. The fourth-order valence-electron chi connectivity index (χ4n) is 4.54. The predicted octanol–water partition coefficient (Wildman–Crippen LogP) is 4.48. The van der Waals surface area contributed by atoms with E-state index in [9.17, 15) is 26.4 Å². The fourth-order valence-corrected chi connectivity index (χ4v) is 6.11. The number of carbonyl (C=O) groups is 1. The highest BCUT2D eigenvalue weighted by Gasteiger charge is 2.34. The number of halogens is 3. The minimum Gasteiger partial charge on any atom is -0.344 e. The highest BCUT2D eigenvalue weighted by molar-refractivity contribution is 7.91. The summed E-state index contributed by atoms with van der Waals surface area (Å²) in [5.74, 6) is -0.558. The average molecular weight is 503 g/mol. The number of nitrogens with one attached hydrogen (secondary N) is 2. The summed E-state index contributed by atoms with van der Waals surface area (Å²) in [6, 6.07) is 8.86. The molecule has 1 amide bonds. The van der Waals surface area contributed by atoms with Gasteiger partial charge >= 0.3 is 6.18 Å². The molecule has 4 aromatic rings. The molecule has 11 heteroatoms. The number of nitrogens with zero attached hydrogens (tertiary/aromatic N) is 2. The summed E-state index contributed by atoms with van der Waals surface area (Å²) in [6.07, 6.45) is -1.96. The third kappa shape index (κ3) is 3.89. The third-order valence-electron chi connectivity index (χ3n) is 6.59. The number of amides is 1. The fraction of sp³-hybridized carbons (Fsp3) is 0.250. The standard InChI is InChI=1S/C24H21F3N4O3S/c1-13-22(35(33,34)17-6-8-19-15(9-17)12-28-30-19)11-21(31(13)2)23(32)29-20-7-4-14-3-5-16(10-18(14)20)24(25,26)27/h3,5-6,8-12,20H,4,7H2,1-2H3,(H,28,30)(H,29,32). The number of carbonyl (C=O) groups excluding carboxylic acids is 1. The first-order chi connectivity index (χ1) is 16.5. The van der Waals surface area contributed by atoms with Crippen molar-refractivity contribution in [2.24, 2.45) is 7.05 Å². The summed E-state index contributed by atoms with van der Waals surface area (Å²) in [5.41, 5.74) is 1.58. The molecule has 0 spiro atoms. The van der Waals surface area contributed by atoms with E-state index < -0.39 is 33.5 Å². The van der Waals surface area contributed by atoms with E-state index in [0.717, 1.165) is 17.7 Å². The highest BCUT2D eigenvalue weighted by atomic mass is 32.2. The number of alkyl halides is 3. The minimum absolute atomic E-state index is 0.0147. The van der Waals surface area contributed by atoms with Crippen molar-refractivity contribution in [3.8, 4) is 0 Å². The van der Waals surface area contributed by atoms with Gasteiger partial charge in [-0.15, -0.1) is 0 Å². The Kier molecular flexibility index (Phi) is 5.28. The molecule has 2 aromatic carbocycles. The summed E-state index contributed by atoms with van der Waals surface area (Å²) < 4.78 is 67.7. The molecular weight excluding hydrogens is 481 g/mol. The molecule has 0 bridgehead atoms. The first kappa shape index (κ1) is 23.2. The first-order valence-electron chi connectivity index (χ1n) is 10.8. The van der Waals surface area contributed by atoms with Gasteiger partial charge in [0, 0.05) is 18.1 Å². The molecule has 2 aromatic heterocycles. The number of hydrogen-bond acceptors (Lipinski definition) is 4. The van der Waals surface area contributed by atoms with Crippen LogP contribution in [0, 0.1) is 6.92 Å². The first-order valence-corrected chi connectivity index (χ1v) is 12.3. The van der Waals surface area contributed by atoms with Gasteiger partial charge < -0.3 is 9.88 Å². The predicted molar refractivity (Wildman–Crippen MR) is 122 cm³/mol. The summed E-state index contributed by atoms with van der Waals surface area (Å²) >= 11 is 0. The normalized spacial score (nSPS) is 16.0. The number of rotatable bonds is 4. The Morgan fingerprint density at radius 2 is 1.94 bits per heavy atom. The van der Waals surface area contributed by atoms with E-state index in [1.165, 1.54) is 35.0 Å². The van der Waals surface area contributed by atoms with Crippen LogP contribution in [-0.4, -0.2) is 29.1 Å². The lowest BCUT2D eigenvalue weighted by molar-refractivity contribution is -0.137. The van der Waals surface area contributed by atoms with E-state index >= 15 is 0 Å². The summed E-state index contributed by atoms with van der Waals surface area (Å²) in [6.45, 7) is 1.60. The van der Waals surface area contributed by atoms with Gasteiger partial charge in [-0.3, -0.25) is 9.89 Å². The molecule has 0 saturated heterocycles. The van der Waals surface area contributed by atoms with E-state index in [4.69, 9.17) is 0 Å². The minimum atomic E-state index is -4.48. The van der Waals surface area contributed by atoms with Gasteiger partial charge in [-0.05, 0) is 67.3 Å². The SMILES string of the molecule is Cc1c(S(=O)(=O)c2ccc3[nH]ncc3c2)cc(C(=O)NC2CCc3ccc(C(F)(F)F)cc32)n1C. The van der Waals surface area contributed by atoms with Crippen molar-refractivity contribution >= 4 is 26.6 Å². The maximum absolute atomic E-state index is 13.4. The van der Waals surface area contributed by atoms with Crippen LogP contribution in [0.15, 0.2) is 58.5 Å². The Morgan fingerprint density at radius 3 is 2.69 bits per heavy atom. The highest BCUT2D eigenvalue weighted by Crippen LogP contribution is 2.37. The zero-order valence-corrected chi connectivity index (χ0v) is 19.6. The molecule has 7 nitrogen and oxygen atoms in total. The number of H-pyrrole nitrogens is 1. The van der Waals surface area contributed by atoms with Crippen molar-refractivity contribution in [1.29, 1.82) is 0 Å². The average Bonchev–Trinajstić information content (AvgIpc) is 3.51. The van der Waals surface area contributed by atoms with Gasteiger partial charge in [-0.25, -0.2) is 8.42 Å². The zero-order valence-electron chi connectivity index (χ0n) is 18.8. The van der Waals surface area contributed by atoms with E-state index in [1.807, 2.05) is 0 Å². The van der Waals surface area contributed by atoms with Gasteiger partial charge in [0.15, 0.2) is 0 Å². The summed E-state index contributed by atoms with van der Waals surface area (Å²) in [5, 5.41) is 10.1. The third-order valence-corrected chi connectivity index (χ3v) is 8.46. The van der Waals surface area contributed by atoms with Crippen molar-refractivity contribution in [3.05, 3.63) is 76.7 Å². The number of aromatic nitrogens is 3. The van der Waals surface area contributed by atoms with Crippen LogP contribution >= 0.6 is 0 Å². The zero-order chi connectivity index (χ0) is 25.1. The lowest BCUT2D eigenvalue weighted by Gasteiger charge is -2.16. The molecule has 0 saturated carbocycles. The smallest absolute Gasteiger partial charge is 0.344 e. The van der Waals surface area contributed by atoms with Crippen LogP contribution in [-0.2, 0) is 29.5 Å². The second kappa shape index (κ2) is 7.98. The molecule has 1 aliphatic rings. The van der Waals surface area contributed by atoms with E-state index in [0.29, 0.717) is 35.0 Å². The molecule has 1 atom stereocenters. The molecule has 0 radical (unpaired) electrons. The van der Waals surface area contributed by atoms with Crippen molar-refractivity contribution in [1.82, 2.24) is 20.1 Å². The molecule has 5 rings (SSSR count). The summed E-state index contributed by atoms with van der Waals surface area (Å²) in [7, 11) is -2.36. The van der Waals surface area contributed by atoms with Crippen molar-refractivity contribution in [2.45, 2.75) is 41.8 Å². The number of benzene rings is 2. The van der Waals surface area contributed by atoms with Gasteiger partial charge in [-0.2, -0.15) is 18.3 Å². The topological polar surface area (TPSA) is 96.8 Å². The van der Waals surface area contributed by atoms with Crippen LogP contribution < -0.4 is 5.32 Å². The van der Waals surface area contributed by atoms with Crippen molar-refractivity contribution < 1.29 is 26.4 Å². The van der Waals surface area contributed by atoms with Gasteiger partial charge in [0.1, 0.15) is 5.69 Å². The number of hydrogen-bond donors (Lipinski definition) is 2. The van der Waals surface area contributed by atoms with Crippen LogP contribution in [0.4, 0.5) is 13.2 Å². The second-order valence-corrected chi connectivity index (χ2v) is 10.6. The monoisotopic (exact) mass is 502 g/mol. The van der Waals surface area contributed by atoms with E-state index in [2.05, 4.69) is 15.5 Å². The lowest BCUT2D eigenvalue weighted by Crippen LogP contribution is -2.29. The molecule has 182 valence electrons. The van der Waals surface area contributed by atoms with Crippen molar-refractivity contribution in [3.63, 3.8) is 0 Å². The lowest BCUT2D eigenvalue weighted by atomic mass is 10.0. The van der Waals surface area contributed by atoms with E-state index in [1.54, 1.807) is 20.0 Å². The molecule has 1 unspecified atom stereocenters. The van der Waals surface area contributed by atoms with E-state index in [-0.39, 0.29) is 15.5 Å². The molecule has 0 aliphatic heterocycles. The molecule has 2 N–H and O–H groups in total. The number of aromatic amines is 1. The summed E-state index contributed by atoms with van der Waals surface area (Å²) in [4.78, 5) is 13.2. The van der Waals surface area contributed by atoms with Crippen LogP contribution in [0.5, 0.6) is 0 Å². The van der Waals surface area contributed by atoms with Gasteiger partial charge in [-0.1, -0.05) is 6.07 Å². The van der Waals surface area contributed by atoms with Crippen LogP contribution in [0.25, 0.3) is 10.9 Å². The number of fused-ring (bicyclic) bond motifs is 2. The number of aryl methyl sites for hydroxylation is 1. The quantitative estimate of drug-likeness (QED) is 0.430. The Hall–Kier alpha value is -3.60. The van der Waals surface area contributed by atoms with Gasteiger partial charge in [0.2, 0.25) is 9.84 Å². The van der Waals surface area contributed by atoms with Crippen LogP contribution in [0.2, 0.25) is 0 Å². The Bertz CT molecular complexity index is 1590. The molecule has 1 aliphatic carbocycles. The molecule has 2 heterocycles.